The smallest absolute Gasteiger partial charge is 0.134 e. The average Bonchev–Trinajstić information content (AvgIpc) is 2.49. The van der Waals surface area contributed by atoms with E-state index in [2.05, 4.69) is 5.16 Å². The molecule has 0 aliphatic rings. The van der Waals surface area contributed by atoms with Crippen molar-refractivity contribution in [3.05, 3.63) is 35.6 Å². The Hall–Kier alpha value is -1.77. The molecule has 1 N–H and O–H groups in total. The Kier molecular flexibility index (Phi) is 1.77. The molecular formula is C10H9NO2. The normalized spacial score (nSPS) is 11.5. The molecular weight excluding hydrogens is 166 g/mol. The molecule has 0 unspecified atom stereocenters. The number of fused-ring (bicyclic) bond motifs is 1. The van der Waals surface area contributed by atoms with E-state index in [0.29, 0.717) is 0 Å². The minimum Gasteiger partial charge on any atom is -0.464 e. The Bertz CT molecular complexity index is 457. The van der Waals surface area contributed by atoms with Crippen LogP contribution >= 0.6 is 0 Å². The summed E-state index contributed by atoms with van der Waals surface area (Å²) in [7, 11) is 0. The molecule has 0 aliphatic heterocycles. The van der Waals surface area contributed by atoms with Gasteiger partial charge in [-0.3, -0.25) is 0 Å². The SMILES string of the molecule is Cc1coc2ccc(/C=N/O)cc12. The zero-order valence-electron chi connectivity index (χ0n) is 7.19. The van der Waals surface area contributed by atoms with Gasteiger partial charge in [-0.15, -0.1) is 0 Å². The van der Waals surface area contributed by atoms with E-state index in [1.807, 2.05) is 25.1 Å². The number of hydrogen-bond acceptors (Lipinski definition) is 3. The van der Waals surface area contributed by atoms with Gasteiger partial charge in [0.15, 0.2) is 0 Å². The van der Waals surface area contributed by atoms with Crippen LogP contribution in [0.4, 0.5) is 0 Å². The van der Waals surface area contributed by atoms with Crippen LogP contribution in [0.3, 0.4) is 0 Å². The van der Waals surface area contributed by atoms with Crippen molar-refractivity contribution in [2.75, 3.05) is 0 Å². The summed E-state index contributed by atoms with van der Waals surface area (Å²) in [6.45, 7) is 1.98. The fraction of sp³-hybridized carbons (Fsp3) is 0.100. The van der Waals surface area contributed by atoms with Crippen LogP contribution in [0.1, 0.15) is 11.1 Å². The predicted octanol–water partition coefficient (Wildman–Crippen LogP) is 2.55. The monoisotopic (exact) mass is 175 g/mol. The van der Waals surface area contributed by atoms with Crippen LogP contribution in [0.15, 0.2) is 34.0 Å². The fourth-order valence-electron chi connectivity index (χ4n) is 1.32. The zero-order valence-corrected chi connectivity index (χ0v) is 7.19. The van der Waals surface area contributed by atoms with Crippen LogP contribution in [-0.4, -0.2) is 11.4 Å². The van der Waals surface area contributed by atoms with Gasteiger partial charge < -0.3 is 9.62 Å². The van der Waals surface area contributed by atoms with E-state index in [1.54, 1.807) is 6.26 Å². The summed E-state index contributed by atoms with van der Waals surface area (Å²) in [5.41, 5.74) is 2.80. The molecule has 1 aromatic carbocycles. The molecule has 0 saturated carbocycles. The number of rotatable bonds is 1. The van der Waals surface area contributed by atoms with Crippen molar-refractivity contribution in [3.8, 4) is 0 Å². The molecule has 0 radical (unpaired) electrons. The molecule has 0 atom stereocenters. The molecule has 1 aromatic heterocycles. The number of hydrogen-bond donors (Lipinski definition) is 1. The maximum absolute atomic E-state index is 8.36. The second-order valence-electron chi connectivity index (χ2n) is 2.92. The lowest BCUT2D eigenvalue weighted by atomic mass is 10.1. The fourth-order valence-corrected chi connectivity index (χ4v) is 1.32. The van der Waals surface area contributed by atoms with E-state index in [1.165, 1.54) is 6.21 Å². The first kappa shape index (κ1) is 7.86. The summed E-state index contributed by atoms with van der Waals surface area (Å²) in [5, 5.41) is 12.4. The molecule has 66 valence electrons. The number of aryl methyl sites for hydroxylation is 1. The van der Waals surface area contributed by atoms with E-state index in [0.717, 1.165) is 22.1 Å². The highest BCUT2D eigenvalue weighted by Gasteiger charge is 2.01. The van der Waals surface area contributed by atoms with Crippen LogP contribution in [0.2, 0.25) is 0 Å². The lowest BCUT2D eigenvalue weighted by Crippen LogP contribution is -1.79. The summed E-state index contributed by atoms with van der Waals surface area (Å²) < 4.78 is 5.27. The summed E-state index contributed by atoms with van der Waals surface area (Å²) in [4.78, 5) is 0. The maximum atomic E-state index is 8.36. The highest BCUT2D eigenvalue weighted by Crippen LogP contribution is 2.20. The van der Waals surface area contributed by atoms with Gasteiger partial charge in [-0.2, -0.15) is 0 Å². The molecule has 2 aromatic rings. The molecule has 0 spiro atoms. The molecule has 1 heterocycles. The van der Waals surface area contributed by atoms with Crippen LogP contribution in [0.5, 0.6) is 0 Å². The van der Waals surface area contributed by atoms with Crippen molar-refractivity contribution in [3.63, 3.8) is 0 Å². The topological polar surface area (TPSA) is 45.7 Å². The van der Waals surface area contributed by atoms with Crippen LogP contribution in [0.25, 0.3) is 11.0 Å². The van der Waals surface area contributed by atoms with Gasteiger partial charge in [0.1, 0.15) is 5.58 Å². The molecule has 0 bridgehead atoms. The second-order valence-corrected chi connectivity index (χ2v) is 2.92. The molecule has 0 aliphatic carbocycles. The quantitative estimate of drug-likeness (QED) is 0.411. The molecule has 0 amide bonds. The van der Waals surface area contributed by atoms with Crippen molar-refractivity contribution in [1.82, 2.24) is 0 Å². The highest BCUT2D eigenvalue weighted by atomic mass is 16.4. The van der Waals surface area contributed by atoms with Gasteiger partial charge in [0, 0.05) is 5.39 Å². The van der Waals surface area contributed by atoms with E-state index in [9.17, 15) is 0 Å². The standard InChI is InChI=1S/C10H9NO2/c1-7-6-13-10-3-2-8(5-11-12)4-9(7)10/h2-6,12H,1H3/b11-5+. The largest absolute Gasteiger partial charge is 0.464 e. The molecule has 0 fully saturated rings. The maximum Gasteiger partial charge on any atom is 0.134 e. The van der Waals surface area contributed by atoms with Gasteiger partial charge >= 0.3 is 0 Å². The number of nitrogens with zero attached hydrogens (tertiary/aromatic N) is 1. The van der Waals surface area contributed by atoms with E-state index < -0.39 is 0 Å². The first-order chi connectivity index (χ1) is 6.31. The van der Waals surface area contributed by atoms with Crippen LogP contribution < -0.4 is 0 Å². The van der Waals surface area contributed by atoms with Gasteiger partial charge in [-0.1, -0.05) is 5.16 Å². The third-order valence-corrected chi connectivity index (χ3v) is 2.00. The van der Waals surface area contributed by atoms with Gasteiger partial charge in [-0.05, 0) is 36.2 Å². The van der Waals surface area contributed by atoms with E-state index >= 15 is 0 Å². The first-order valence-corrected chi connectivity index (χ1v) is 3.96. The van der Waals surface area contributed by atoms with Crippen molar-refractivity contribution in [1.29, 1.82) is 0 Å². The molecule has 13 heavy (non-hydrogen) atoms. The Morgan fingerprint density at radius 1 is 1.46 bits per heavy atom. The van der Waals surface area contributed by atoms with Crippen molar-refractivity contribution < 1.29 is 9.62 Å². The van der Waals surface area contributed by atoms with E-state index in [-0.39, 0.29) is 0 Å². The predicted molar refractivity (Wildman–Crippen MR) is 50.3 cm³/mol. The van der Waals surface area contributed by atoms with Crippen LogP contribution in [0, 0.1) is 6.92 Å². The Morgan fingerprint density at radius 2 is 2.31 bits per heavy atom. The lowest BCUT2D eigenvalue weighted by Gasteiger charge is -1.92. The summed E-state index contributed by atoms with van der Waals surface area (Å²) in [6, 6.07) is 5.62. The van der Waals surface area contributed by atoms with Crippen molar-refractivity contribution >= 4 is 17.2 Å². The van der Waals surface area contributed by atoms with Crippen LogP contribution in [-0.2, 0) is 0 Å². The Labute approximate surface area is 75.3 Å². The minimum atomic E-state index is 0.854. The van der Waals surface area contributed by atoms with Gasteiger partial charge in [0.05, 0.1) is 12.5 Å². The highest BCUT2D eigenvalue weighted by molar-refractivity contribution is 5.89. The third kappa shape index (κ3) is 1.28. The summed E-state index contributed by atoms with van der Waals surface area (Å²) in [5.74, 6) is 0. The van der Waals surface area contributed by atoms with Gasteiger partial charge in [-0.25, -0.2) is 0 Å². The average molecular weight is 175 g/mol. The molecule has 3 nitrogen and oxygen atoms in total. The number of oxime groups is 1. The third-order valence-electron chi connectivity index (χ3n) is 2.00. The summed E-state index contributed by atoms with van der Waals surface area (Å²) in [6.07, 6.45) is 3.11. The first-order valence-electron chi connectivity index (χ1n) is 3.96. The molecule has 0 saturated heterocycles. The van der Waals surface area contributed by atoms with Crippen molar-refractivity contribution in [2.24, 2.45) is 5.16 Å². The minimum absolute atomic E-state index is 0.854. The Balaban J connectivity index is 2.65. The Morgan fingerprint density at radius 3 is 3.08 bits per heavy atom. The zero-order chi connectivity index (χ0) is 9.26. The van der Waals surface area contributed by atoms with E-state index in [4.69, 9.17) is 9.62 Å². The summed E-state index contributed by atoms with van der Waals surface area (Å²) >= 11 is 0. The second kappa shape index (κ2) is 2.94. The van der Waals surface area contributed by atoms with Gasteiger partial charge in [0.2, 0.25) is 0 Å². The number of benzene rings is 1. The molecule has 2 rings (SSSR count). The molecule has 3 heteroatoms. The number of furan rings is 1. The van der Waals surface area contributed by atoms with Gasteiger partial charge in [0.25, 0.3) is 0 Å². The van der Waals surface area contributed by atoms with Crippen molar-refractivity contribution in [2.45, 2.75) is 6.92 Å². The lowest BCUT2D eigenvalue weighted by molar-refractivity contribution is 0.322.